The molecule has 0 fully saturated rings. The smallest absolute Gasteiger partial charge is 0.221 e. The molecule has 1 aromatic heterocycles. The van der Waals surface area contributed by atoms with Crippen LogP contribution in [0.5, 0.6) is 0 Å². The van der Waals surface area contributed by atoms with Crippen molar-refractivity contribution in [1.82, 2.24) is 10.2 Å². The van der Waals surface area contributed by atoms with Crippen LogP contribution in [0, 0.1) is 5.82 Å². The Kier molecular flexibility index (Phi) is 3.77. The molecule has 0 spiro atoms. The van der Waals surface area contributed by atoms with Crippen LogP contribution in [0.1, 0.15) is 16.7 Å². The molecule has 25 heavy (non-hydrogen) atoms. The van der Waals surface area contributed by atoms with Crippen LogP contribution in [0.4, 0.5) is 4.39 Å². The Morgan fingerprint density at radius 1 is 1.08 bits per heavy atom. The number of allylic oxidation sites excluding steroid dienone is 1. The Morgan fingerprint density at radius 3 is 2.60 bits per heavy atom. The predicted octanol–water partition coefficient (Wildman–Crippen LogP) is 3.74. The highest BCUT2D eigenvalue weighted by Crippen LogP contribution is 2.37. The van der Waals surface area contributed by atoms with Crippen molar-refractivity contribution in [2.75, 3.05) is 6.26 Å². The van der Waals surface area contributed by atoms with Gasteiger partial charge in [-0.2, -0.15) is 0 Å². The molecular formula is C18H13FN2O2S2. The first-order valence-electron chi connectivity index (χ1n) is 7.56. The summed E-state index contributed by atoms with van der Waals surface area (Å²) in [6.45, 7) is 0. The summed E-state index contributed by atoms with van der Waals surface area (Å²) < 4.78 is 37.4. The fraction of sp³-hybridized carbons (Fsp3) is 0.111. The number of rotatable bonds is 3. The first-order chi connectivity index (χ1) is 11.9. The number of halogens is 1. The molecule has 0 aliphatic heterocycles. The second-order valence-corrected chi connectivity index (χ2v) is 8.99. The van der Waals surface area contributed by atoms with Crippen molar-refractivity contribution in [1.29, 1.82) is 0 Å². The SMILES string of the molecule is CS(=O)(=O)c1nnc(-c2ccc3c(c2)C(c2ccccc2F)=CC3)s1. The Labute approximate surface area is 148 Å². The lowest BCUT2D eigenvalue weighted by molar-refractivity contribution is 0.600. The van der Waals surface area contributed by atoms with E-state index in [9.17, 15) is 12.8 Å². The third-order valence-electron chi connectivity index (χ3n) is 4.06. The second-order valence-electron chi connectivity index (χ2n) is 5.82. The highest BCUT2D eigenvalue weighted by Gasteiger charge is 2.21. The molecule has 1 heterocycles. The summed E-state index contributed by atoms with van der Waals surface area (Å²) in [6.07, 6.45) is 3.86. The zero-order valence-electron chi connectivity index (χ0n) is 13.2. The lowest BCUT2D eigenvalue weighted by Crippen LogP contribution is -1.95. The van der Waals surface area contributed by atoms with E-state index in [-0.39, 0.29) is 10.2 Å². The van der Waals surface area contributed by atoms with Crippen LogP contribution in [-0.2, 0) is 16.3 Å². The summed E-state index contributed by atoms with van der Waals surface area (Å²) in [7, 11) is -3.38. The molecule has 3 aromatic rings. The molecule has 1 aliphatic rings. The topological polar surface area (TPSA) is 59.9 Å². The molecule has 0 N–H and O–H groups in total. The molecule has 0 unspecified atom stereocenters. The minimum absolute atomic E-state index is 0.00660. The van der Waals surface area contributed by atoms with Crippen molar-refractivity contribution in [3.05, 3.63) is 71.0 Å². The maximum atomic E-state index is 14.2. The lowest BCUT2D eigenvalue weighted by Gasteiger charge is -2.08. The van der Waals surface area contributed by atoms with E-state index in [1.54, 1.807) is 12.1 Å². The molecule has 1 aliphatic carbocycles. The molecule has 7 heteroatoms. The number of benzene rings is 2. The molecular weight excluding hydrogens is 359 g/mol. The molecule has 0 saturated carbocycles. The largest absolute Gasteiger partial charge is 0.232 e. The van der Waals surface area contributed by atoms with Gasteiger partial charge in [0.05, 0.1) is 0 Å². The Morgan fingerprint density at radius 2 is 1.88 bits per heavy atom. The molecule has 2 aromatic carbocycles. The van der Waals surface area contributed by atoms with Crippen LogP contribution in [0.3, 0.4) is 0 Å². The van der Waals surface area contributed by atoms with Crippen molar-refractivity contribution < 1.29 is 12.8 Å². The van der Waals surface area contributed by atoms with Crippen LogP contribution in [0.2, 0.25) is 0 Å². The minimum Gasteiger partial charge on any atom is -0.221 e. The Bertz CT molecular complexity index is 1120. The van der Waals surface area contributed by atoms with Crippen LogP contribution in [0.15, 0.2) is 52.9 Å². The highest BCUT2D eigenvalue weighted by molar-refractivity contribution is 7.92. The first-order valence-corrected chi connectivity index (χ1v) is 10.3. The van der Waals surface area contributed by atoms with Gasteiger partial charge >= 0.3 is 0 Å². The number of nitrogens with zero attached hydrogens (tertiary/aromatic N) is 2. The number of hydrogen-bond donors (Lipinski definition) is 0. The van der Waals surface area contributed by atoms with Gasteiger partial charge in [-0.1, -0.05) is 47.7 Å². The zero-order chi connectivity index (χ0) is 17.6. The molecule has 4 rings (SSSR count). The molecule has 0 saturated heterocycles. The average molecular weight is 372 g/mol. The Balaban J connectivity index is 1.78. The van der Waals surface area contributed by atoms with Crippen LogP contribution < -0.4 is 0 Å². The summed E-state index contributed by atoms with van der Waals surface area (Å²) in [4.78, 5) is 0. The quantitative estimate of drug-likeness (QED) is 0.703. The van der Waals surface area contributed by atoms with Crippen molar-refractivity contribution in [3.8, 4) is 10.6 Å². The molecule has 0 bridgehead atoms. The van der Waals surface area contributed by atoms with E-state index in [1.807, 2.05) is 30.3 Å². The fourth-order valence-corrected chi connectivity index (χ4v) is 4.48. The van der Waals surface area contributed by atoms with E-state index in [0.29, 0.717) is 10.6 Å². The van der Waals surface area contributed by atoms with Gasteiger partial charge in [-0.25, -0.2) is 12.8 Å². The average Bonchev–Trinajstić information content (AvgIpc) is 3.21. The maximum absolute atomic E-state index is 14.2. The summed E-state index contributed by atoms with van der Waals surface area (Å²) >= 11 is 1.03. The molecule has 126 valence electrons. The number of aromatic nitrogens is 2. The summed E-state index contributed by atoms with van der Waals surface area (Å²) in [5, 5.41) is 8.27. The Hall–Kier alpha value is -2.38. The van der Waals surface area contributed by atoms with Gasteiger partial charge in [0.1, 0.15) is 10.8 Å². The van der Waals surface area contributed by atoms with E-state index >= 15 is 0 Å². The van der Waals surface area contributed by atoms with Crippen molar-refractivity contribution in [2.45, 2.75) is 10.8 Å². The van der Waals surface area contributed by atoms with Crippen molar-refractivity contribution in [2.24, 2.45) is 0 Å². The summed E-state index contributed by atoms with van der Waals surface area (Å²) in [5.74, 6) is -0.262. The minimum atomic E-state index is -3.38. The molecule has 4 nitrogen and oxygen atoms in total. The van der Waals surface area contributed by atoms with Crippen LogP contribution in [0.25, 0.3) is 16.1 Å². The predicted molar refractivity (Wildman–Crippen MR) is 95.6 cm³/mol. The van der Waals surface area contributed by atoms with Gasteiger partial charge in [0.15, 0.2) is 0 Å². The first kappa shape index (κ1) is 16.1. The van der Waals surface area contributed by atoms with E-state index in [2.05, 4.69) is 10.2 Å². The highest BCUT2D eigenvalue weighted by atomic mass is 32.2. The number of fused-ring (bicyclic) bond motifs is 1. The van der Waals surface area contributed by atoms with Gasteiger partial charge in [-0.15, -0.1) is 10.2 Å². The monoisotopic (exact) mass is 372 g/mol. The third-order valence-corrected chi connectivity index (χ3v) is 6.70. The molecule has 0 amide bonds. The van der Waals surface area contributed by atoms with E-state index < -0.39 is 9.84 Å². The van der Waals surface area contributed by atoms with E-state index in [4.69, 9.17) is 0 Å². The van der Waals surface area contributed by atoms with E-state index in [1.165, 1.54) is 6.07 Å². The standard InChI is InChI=1S/C18H13FN2O2S2/c1-25(22,23)18-21-20-17(24-18)12-7-6-11-8-9-13(15(11)10-12)14-4-2-3-5-16(14)19/h2-7,9-10H,8H2,1H3. The fourth-order valence-electron chi connectivity index (χ4n) is 2.87. The molecule has 0 atom stereocenters. The molecule has 0 radical (unpaired) electrons. The van der Waals surface area contributed by atoms with Gasteiger partial charge in [-0.05, 0) is 35.3 Å². The van der Waals surface area contributed by atoms with Gasteiger partial charge in [0.2, 0.25) is 14.2 Å². The summed E-state index contributed by atoms with van der Waals surface area (Å²) in [6, 6.07) is 12.5. The van der Waals surface area contributed by atoms with Crippen molar-refractivity contribution in [3.63, 3.8) is 0 Å². The zero-order valence-corrected chi connectivity index (χ0v) is 14.9. The van der Waals surface area contributed by atoms with Crippen LogP contribution in [-0.4, -0.2) is 24.9 Å². The van der Waals surface area contributed by atoms with Gasteiger partial charge in [0, 0.05) is 17.4 Å². The van der Waals surface area contributed by atoms with Crippen LogP contribution >= 0.6 is 11.3 Å². The van der Waals surface area contributed by atoms with Gasteiger partial charge < -0.3 is 0 Å². The maximum Gasteiger partial charge on any atom is 0.232 e. The van der Waals surface area contributed by atoms with Gasteiger partial charge in [-0.3, -0.25) is 0 Å². The lowest BCUT2D eigenvalue weighted by atomic mass is 9.97. The number of sulfone groups is 1. The summed E-state index contributed by atoms with van der Waals surface area (Å²) in [5.41, 5.74) is 4.24. The third kappa shape index (κ3) is 2.89. The van der Waals surface area contributed by atoms with E-state index in [0.717, 1.165) is 46.3 Å². The second kappa shape index (κ2) is 5.86. The van der Waals surface area contributed by atoms with Gasteiger partial charge in [0.25, 0.3) is 0 Å². The normalized spacial score (nSPS) is 13.6. The van der Waals surface area contributed by atoms with Crippen molar-refractivity contribution >= 4 is 26.7 Å². The number of hydrogen-bond acceptors (Lipinski definition) is 5.